The Morgan fingerprint density at radius 2 is 1.96 bits per heavy atom. The van der Waals surface area contributed by atoms with E-state index >= 15 is 0 Å². The summed E-state index contributed by atoms with van der Waals surface area (Å²) in [5, 5.41) is 9.60. The molecular weight excluding hydrogens is 342 g/mol. The number of pyridine rings is 2. The van der Waals surface area contributed by atoms with Crippen molar-refractivity contribution in [1.29, 1.82) is 0 Å². The Morgan fingerprint density at radius 3 is 2.67 bits per heavy atom. The van der Waals surface area contributed by atoms with E-state index in [4.69, 9.17) is 5.11 Å². The van der Waals surface area contributed by atoms with Crippen molar-refractivity contribution in [1.82, 2.24) is 15.0 Å². The van der Waals surface area contributed by atoms with Gasteiger partial charge in [0.25, 0.3) is 5.56 Å². The van der Waals surface area contributed by atoms with E-state index in [9.17, 15) is 9.59 Å². The topological polar surface area (TPSA) is 98.8 Å². The molecule has 0 saturated heterocycles. The number of hydrogen-bond acceptors (Lipinski definition) is 3. The lowest BCUT2D eigenvalue weighted by atomic mass is 10.1. The maximum atomic E-state index is 11.9. The van der Waals surface area contributed by atoms with E-state index in [1.165, 1.54) is 0 Å². The Bertz CT molecular complexity index is 1210. The molecule has 0 radical (unpaired) electrons. The number of hydrogen-bond donors (Lipinski definition) is 3. The molecule has 0 saturated carbocycles. The van der Waals surface area contributed by atoms with Gasteiger partial charge < -0.3 is 15.1 Å². The van der Waals surface area contributed by atoms with Crippen molar-refractivity contribution in [3.05, 3.63) is 76.5 Å². The standard InChI is InChI=1S/C18H11N3O.C3H6O2/c22-18-17-14(8-10-20-17)15-11-12(5-7-16(15)21-18)4-6-13-3-1-2-9-19-13;1-2-3(4)5/h1-3,5,7-11,20H,(H,21,22);2H2,1H3,(H,4,5). The summed E-state index contributed by atoms with van der Waals surface area (Å²) in [7, 11) is 0. The summed E-state index contributed by atoms with van der Waals surface area (Å²) in [5.41, 5.74) is 2.89. The highest BCUT2D eigenvalue weighted by molar-refractivity contribution is 6.04. The number of nitrogens with zero attached hydrogens (tertiary/aromatic N) is 1. The largest absolute Gasteiger partial charge is 0.481 e. The lowest BCUT2D eigenvalue weighted by molar-refractivity contribution is -0.136. The molecule has 0 amide bonds. The van der Waals surface area contributed by atoms with E-state index in [1.54, 1.807) is 19.3 Å². The van der Waals surface area contributed by atoms with Gasteiger partial charge in [-0.3, -0.25) is 9.59 Å². The number of aliphatic carboxylic acids is 1. The number of carboxylic acids is 1. The SMILES string of the molecule is CCC(=O)O.O=c1[nH]c2ccc(C#Cc3ccccn3)cc2c2cc[nH]c12. The molecule has 0 atom stereocenters. The van der Waals surface area contributed by atoms with Crippen LogP contribution in [0.2, 0.25) is 0 Å². The minimum absolute atomic E-state index is 0.111. The van der Waals surface area contributed by atoms with E-state index in [0.29, 0.717) is 5.52 Å². The van der Waals surface area contributed by atoms with Crippen LogP contribution in [0.3, 0.4) is 0 Å². The van der Waals surface area contributed by atoms with Gasteiger partial charge in [-0.2, -0.15) is 0 Å². The molecule has 6 nitrogen and oxygen atoms in total. The van der Waals surface area contributed by atoms with Crippen LogP contribution in [0.5, 0.6) is 0 Å². The molecule has 134 valence electrons. The third-order valence-corrected chi connectivity index (χ3v) is 3.83. The molecule has 0 aliphatic carbocycles. The summed E-state index contributed by atoms with van der Waals surface area (Å²) in [6.07, 6.45) is 3.71. The van der Waals surface area contributed by atoms with Gasteiger partial charge in [0.15, 0.2) is 0 Å². The van der Waals surface area contributed by atoms with Gasteiger partial charge in [-0.25, -0.2) is 4.98 Å². The molecule has 4 aromatic rings. The van der Waals surface area contributed by atoms with Crippen LogP contribution in [-0.4, -0.2) is 26.0 Å². The van der Waals surface area contributed by atoms with Crippen molar-refractivity contribution in [2.45, 2.75) is 13.3 Å². The van der Waals surface area contributed by atoms with Gasteiger partial charge >= 0.3 is 5.97 Å². The van der Waals surface area contributed by atoms with Crippen LogP contribution < -0.4 is 5.56 Å². The predicted octanol–water partition coefficient (Wildman–Crippen LogP) is 3.29. The van der Waals surface area contributed by atoms with Crippen LogP contribution in [-0.2, 0) is 4.79 Å². The fourth-order valence-electron chi connectivity index (χ4n) is 2.49. The Hall–Kier alpha value is -3.85. The Kier molecular flexibility index (Phi) is 5.33. The van der Waals surface area contributed by atoms with Crippen molar-refractivity contribution in [2.24, 2.45) is 0 Å². The molecule has 27 heavy (non-hydrogen) atoms. The van der Waals surface area contributed by atoms with Crippen LogP contribution in [0.15, 0.2) is 59.7 Å². The molecule has 3 heterocycles. The minimum atomic E-state index is -0.745. The van der Waals surface area contributed by atoms with Crippen LogP contribution >= 0.6 is 0 Å². The molecule has 0 aliphatic heterocycles. The monoisotopic (exact) mass is 359 g/mol. The van der Waals surface area contributed by atoms with Crippen LogP contribution in [0, 0.1) is 11.8 Å². The first-order valence-electron chi connectivity index (χ1n) is 8.36. The molecule has 6 heteroatoms. The van der Waals surface area contributed by atoms with E-state index in [2.05, 4.69) is 26.8 Å². The van der Waals surface area contributed by atoms with E-state index in [-0.39, 0.29) is 12.0 Å². The summed E-state index contributed by atoms with van der Waals surface area (Å²) in [5.74, 6) is 5.40. The van der Waals surface area contributed by atoms with Crippen molar-refractivity contribution in [2.75, 3.05) is 0 Å². The molecule has 0 aliphatic rings. The smallest absolute Gasteiger partial charge is 0.303 e. The van der Waals surface area contributed by atoms with Crippen molar-refractivity contribution < 1.29 is 9.90 Å². The molecule has 0 spiro atoms. The van der Waals surface area contributed by atoms with E-state index in [0.717, 1.165) is 27.5 Å². The van der Waals surface area contributed by atoms with Crippen molar-refractivity contribution in [3.63, 3.8) is 0 Å². The number of aromatic amines is 2. The first-order chi connectivity index (χ1) is 13.1. The quantitative estimate of drug-likeness (QED) is 0.454. The number of nitrogens with one attached hydrogen (secondary N) is 2. The lowest BCUT2D eigenvalue weighted by Gasteiger charge is -2.00. The fraction of sp³-hybridized carbons (Fsp3) is 0.0952. The van der Waals surface area contributed by atoms with Gasteiger partial charge in [-0.15, -0.1) is 0 Å². The van der Waals surface area contributed by atoms with Gasteiger partial charge in [-0.1, -0.05) is 18.9 Å². The maximum absolute atomic E-state index is 11.9. The molecule has 0 bridgehead atoms. The summed E-state index contributed by atoms with van der Waals surface area (Å²) < 4.78 is 0. The highest BCUT2D eigenvalue weighted by Crippen LogP contribution is 2.21. The Labute approximate surface area is 154 Å². The Balaban J connectivity index is 0.000000376. The third-order valence-electron chi connectivity index (χ3n) is 3.83. The zero-order chi connectivity index (χ0) is 19.2. The number of aromatic nitrogens is 3. The molecule has 1 aromatic carbocycles. The van der Waals surface area contributed by atoms with E-state index in [1.807, 2.05) is 42.5 Å². The number of rotatable bonds is 1. The van der Waals surface area contributed by atoms with Crippen molar-refractivity contribution in [3.8, 4) is 11.8 Å². The predicted molar refractivity (Wildman–Crippen MR) is 105 cm³/mol. The molecule has 3 N–H and O–H groups in total. The van der Waals surface area contributed by atoms with Gasteiger partial charge in [0, 0.05) is 40.7 Å². The fourth-order valence-corrected chi connectivity index (χ4v) is 2.49. The van der Waals surface area contributed by atoms with E-state index < -0.39 is 5.97 Å². The van der Waals surface area contributed by atoms with Gasteiger partial charge in [0.05, 0.1) is 0 Å². The average molecular weight is 359 g/mol. The molecular formula is C21H17N3O3. The number of carbonyl (C=O) groups is 1. The summed E-state index contributed by atoms with van der Waals surface area (Å²) >= 11 is 0. The van der Waals surface area contributed by atoms with Gasteiger partial charge in [0.1, 0.15) is 11.2 Å². The number of fused-ring (bicyclic) bond motifs is 3. The number of benzene rings is 1. The molecule has 4 rings (SSSR count). The third kappa shape index (κ3) is 4.22. The summed E-state index contributed by atoms with van der Waals surface area (Å²) in [6.45, 7) is 1.60. The lowest BCUT2D eigenvalue weighted by Crippen LogP contribution is -2.05. The minimum Gasteiger partial charge on any atom is -0.481 e. The first kappa shape index (κ1) is 18.0. The normalized spacial score (nSPS) is 9.96. The first-order valence-corrected chi connectivity index (χ1v) is 8.36. The zero-order valence-electron chi connectivity index (χ0n) is 14.6. The summed E-state index contributed by atoms with van der Waals surface area (Å²) in [4.78, 5) is 31.3. The summed E-state index contributed by atoms with van der Waals surface area (Å²) in [6, 6.07) is 13.3. The van der Waals surface area contributed by atoms with Gasteiger partial charge in [-0.05, 0) is 42.3 Å². The van der Waals surface area contributed by atoms with Crippen LogP contribution in [0.25, 0.3) is 21.8 Å². The second kappa shape index (κ2) is 8.02. The highest BCUT2D eigenvalue weighted by atomic mass is 16.4. The number of H-pyrrole nitrogens is 2. The van der Waals surface area contributed by atoms with Gasteiger partial charge in [0.2, 0.25) is 0 Å². The Morgan fingerprint density at radius 1 is 1.15 bits per heavy atom. The molecule has 0 fully saturated rings. The molecule has 3 aromatic heterocycles. The second-order valence-electron chi connectivity index (χ2n) is 5.69. The zero-order valence-corrected chi connectivity index (χ0v) is 14.6. The van der Waals surface area contributed by atoms with Crippen molar-refractivity contribution >= 4 is 27.8 Å². The van der Waals surface area contributed by atoms with Crippen LogP contribution in [0.4, 0.5) is 0 Å². The second-order valence-corrected chi connectivity index (χ2v) is 5.69. The number of carboxylic acid groups (broad SMARTS) is 1. The average Bonchev–Trinajstić information content (AvgIpc) is 3.19. The van der Waals surface area contributed by atoms with Crippen LogP contribution in [0.1, 0.15) is 24.6 Å². The highest BCUT2D eigenvalue weighted by Gasteiger charge is 2.05. The maximum Gasteiger partial charge on any atom is 0.303 e. The molecule has 0 unspecified atom stereocenters.